The average Bonchev–Trinajstić information content (AvgIpc) is 3.53. The first-order chi connectivity index (χ1) is 23.8. The van der Waals surface area contributed by atoms with Crippen molar-refractivity contribution in [3.8, 4) is 11.1 Å². The van der Waals surface area contributed by atoms with Crippen LogP contribution in [0.3, 0.4) is 0 Å². The number of hydrogen-bond acceptors (Lipinski definition) is 2. The average molecular weight is 628 g/mol. The minimum Gasteiger partial charge on any atom is -0.310 e. The van der Waals surface area contributed by atoms with E-state index in [1.54, 1.807) is 0 Å². The first kappa shape index (κ1) is 27.2. The maximum absolute atomic E-state index is 2.45. The lowest BCUT2D eigenvalue weighted by molar-refractivity contribution is 1.31. The molecule has 48 heavy (non-hydrogen) atoms. The molecule has 0 saturated carbocycles. The predicted molar refractivity (Wildman–Crippen MR) is 209 cm³/mol. The number of thiophene rings is 1. The minimum atomic E-state index is 1.13. The molecule has 0 N–H and O–H groups in total. The molecule has 0 aliphatic carbocycles. The Balaban J connectivity index is 1.27. The number of rotatable bonds is 4. The SMILES string of the molecule is c1ccc(-c2ccc(N(c3ccc4sc5ccccc5c4c3)c3cc4ccc5ccc6ccccc6c5c4c4ccccc34)cc2)cc1. The van der Waals surface area contributed by atoms with Crippen molar-refractivity contribution in [2.45, 2.75) is 0 Å². The van der Waals surface area contributed by atoms with Crippen molar-refractivity contribution >= 4 is 91.7 Å². The quantitative estimate of drug-likeness (QED) is 0.176. The van der Waals surface area contributed by atoms with E-state index in [1.165, 1.54) is 80.1 Å². The minimum absolute atomic E-state index is 1.13. The molecule has 0 aliphatic rings. The van der Waals surface area contributed by atoms with Gasteiger partial charge in [-0.1, -0.05) is 133 Å². The molecule has 0 saturated heterocycles. The topological polar surface area (TPSA) is 3.24 Å². The van der Waals surface area contributed by atoms with Gasteiger partial charge in [0.1, 0.15) is 0 Å². The molecule has 1 heterocycles. The zero-order chi connectivity index (χ0) is 31.6. The van der Waals surface area contributed by atoms with Crippen LogP contribution < -0.4 is 4.90 Å². The first-order valence-electron chi connectivity index (χ1n) is 16.4. The van der Waals surface area contributed by atoms with Crippen LogP contribution in [0.2, 0.25) is 0 Å². The van der Waals surface area contributed by atoms with E-state index < -0.39 is 0 Å². The van der Waals surface area contributed by atoms with Gasteiger partial charge in [-0.15, -0.1) is 11.3 Å². The van der Waals surface area contributed by atoms with Crippen molar-refractivity contribution in [1.29, 1.82) is 0 Å². The van der Waals surface area contributed by atoms with Gasteiger partial charge in [0.15, 0.2) is 0 Å². The van der Waals surface area contributed by atoms with Gasteiger partial charge < -0.3 is 4.90 Å². The number of benzene rings is 9. The molecule has 0 fully saturated rings. The summed E-state index contributed by atoms with van der Waals surface area (Å²) >= 11 is 1.86. The van der Waals surface area contributed by atoms with Crippen LogP contribution in [0.5, 0.6) is 0 Å². The lowest BCUT2D eigenvalue weighted by Crippen LogP contribution is -2.10. The summed E-state index contributed by atoms with van der Waals surface area (Å²) in [5.74, 6) is 0. The van der Waals surface area contributed by atoms with Crippen LogP contribution in [0, 0.1) is 0 Å². The summed E-state index contributed by atoms with van der Waals surface area (Å²) in [6.45, 7) is 0. The second kappa shape index (κ2) is 10.8. The third kappa shape index (κ3) is 4.24. The molecule has 0 bridgehead atoms. The van der Waals surface area contributed by atoms with Gasteiger partial charge in [-0.05, 0) is 91.3 Å². The van der Waals surface area contributed by atoms with Crippen molar-refractivity contribution < 1.29 is 0 Å². The summed E-state index contributed by atoms with van der Waals surface area (Å²) < 4.78 is 2.62. The molecule has 0 unspecified atom stereocenters. The predicted octanol–water partition coefficient (Wildman–Crippen LogP) is 13.8. The standard InChI is InChI=1S/C46H29NS/c1-2-10-30(11-3-1)31-22-24-35(25-23-31)47(36-26-27-44-41(29-36)39-15-8-9-17-43(39)48-44)42-28-34-21-20-33-19-18-32-12-4-5-13-37(32)45(33)46(34)40-16-7-6-14-38(40)42/h1-29H. The van der Waals surface area contributed by atoms with Crippen LogP contribution in [-0.4, -0.2) is 0 Å². The number of anilines is 3. The lowest BCUT2D eigenvalue weighted by atomic mass is 9.92. The number of nitrogens with zero attached hydrogens (tertiary/aromatic N) is 1. The summed E-state index contributed by atoms with van der Waals surface area (Å²) in [6, 6.07) is 64.6. The van der Waals surface area contributed by atoms with Crippen LogP contribution in [0.1, 0.15) is 0 Å². The molecule has 0 aliphatic heterocycles. The van der Waals surface area contributed by atoms with Crippen LogP contribution in [-0.2, 0) is 0 Å². The van der Waals surface area contributed by atoms with Gasteiger partial charge >= 0.3 is 0 Å². The molecule has 0 spiro atoms. The third-order valence-corrected chi connectivity index (χ3v) is 11.0. The maximum Gasteiger partial charge on any atom is 0.0546 e. The van der Waals surface area contributed by atoms with Gasteiger partial charge in [0.25, 0.3) is 0 Å². The van der Waals surface area contributed by atoms with Crippen molar-refractivity contribution in [3.63, 3.8) is 0 Å². The summed E-state index contributed by atoms with van der Waals surface area (Å²) in [7, 11) is 0. The van der Waals surface area contributed by atoms with Gasteiger partial charge in [-0.2, -0.15) is 0 Å². The van der Waals surface area contributed by atoms with Crippen molar-refractivity contribution in [2.75, 3.05) is 4.90 Å². The summed E-state index contributed by atoms with van der Waals surface area (Å²) in [6.07, 6.45) is 0. The van der Waals surface area contributed by atoms with Gasteiger partial charge in [-0.25, -0.2) is 0 Å². The first-order valence-corrected chi connectivity index (χ1v) is 17.2. The molecule has 0 radical (unpaired) electrons. The van der Waals surface area contributed by atoms with E-state index in [0.717, 1.165) is 11.4 Å². The van der Waals surface area contributed by atoms with Gasteiger partial charge in [-0.3, -0.25) is 0 Å². The van der Waals surface area contributed by atoms with E-state index in [2.05, 4.69) is 181 Å². The Bertz CT molecular complexity index is 2830. The largest absolute Gasteiger partial charge is 0.310 e. The van der Waals surface area contributed by atoms with Crippen LogP contribution in [0.25, 0.3) is 74.4 Å². The highest BCUT2D eigenvalue weighted by Crippen LogP contribution is 2.46. The van der Waals surface area contributed by atoms with Crippen LogP contribution in [0.15, 0.2) is 176 Å². The summed E-state index contributed by atoms with van der Waals surface area (Å²) in [5, 5.41) is 12.8. The Morgan fingerprint density at radius 3 is 1.75 bits per heavy atom. The molecule has 224 valence electrons. The molecular weight excluding hydrogens is 599 g/mol. The van der Waals surface area contributed by atoms with E-state index in [9.17, 15) is 0 Å². The molecule has 1 aromatic heterocycles. The Morgan fingerprint density at radius 2 is 0.917 bits per heavy atom. The second-order valence-corrected chi connectivity index (χ2v) is 13.6. The fourth-order valence-corrected chi connectivity index (χ4v) is 8.66. The third-order valence-electron chi connectivity index (χ3n) is 9.80. The summed E-state index contributed by atoms with van der Waals surface area (Å²) in [4.78, 5) is 2.45. The molecule has 10 aromatic rings. The molecule has 9 aromatic carbocycles. The summed E-state index contributed by atoms with van der Waals surface area (Å²) in [5.41, 5.74) is 5.87. The second-order valence-electron chi connectivity index (χ2n) is 12.5. The van der Waals surface area contributed by atoms with Crippen LogP contribution >= 0.6 is 11.3 Å². The Morgan fingerprint density at radius 1 is 0.333 bits per heavy atom. The Hall–Kier alpha value is -5.96. The molecule has 10 rings (SSSR count). The van der Waals surface area contributed by atoms with Gasteiger partial charge in [0, 0.05) is 36.9 Å². The van der Waals surface area contributed by atoms with E-state index in [-0.39, 0.29) is 0 Å². The highest BCUT2D eigenvalue weighted by molar-refractivity contribution is 7.25. The van der Waals surface area contributed by atoms with Crippen molar-refractivity contribution in [2.24, 2.45) is 0 Å². The smallest absolute Gasteiger partial charge is 0.0546 e. The highest BCUT2D eigenvalue weighted by Gasteiger charge is 2.20. The lowest BCUT2D eigenvalue weighted by Gasteiger charge is -2.28. The molecule has 0 atom stereocenters. The Labute approximate surface area is 282 Å². The monoisotopic (exact) mass is 627 g/mol. The molecule has 2 heteroatoms. The highest BCUT2D eigenvalue weighted by atomic mass is 32.1. The molecule has 0 amide bonds. The Kier molecular flexibility index (Phi) is 6.12. The number of hydrogen-bond donors (Lipinski definition) is 0. The van der Waals surface area contributed by atoms with Crippen LogP contribution in [0.4, 0.5) is 17.1 Å². The van der Waals surface area contributed by atoms with E-state index in [4.69, 9.17) is 0 Å². The van der Waals surface area contributed by atoms with E-state index >= 15 is 0 Å². The zero-order valence-electron chi connectivity index (χ0n) is 26.1. The number of fused-ring (bicyclic) bond motifs is 10. The molecular formula is C46H29NS. The molecule has 1 nitrogen and oxygen atoms in total. The van der Waals surface area contributed by atoms with Gasteiger partial charge in [0.2, 0.25) is 0 Å². The fourth-order valence-electron chi connectivity index (χ4n) is 7.57. The normalized spacial score (nSPS) is 11.8. The van der Waals surface area contributed by atoms with Crippen molar-refractivity contribution in [1.82, 2.24) is 0 Å². The van der Waals surface area contributed by atoms with Gasteiger partial charge in [0.05, 0.1) is 5.69 Å². The van der Waals surface area contributed by atoms with Crippen molar-refractivity contribution in [3.05, 3.63) is 176 Å². The maximum atomic E-state index is 2.45. The van der Waals surface area contributed by atoms with E-state index in [0.29, 0.717) is 0 Å². The zero-order valence-corrected chi connectivity index (χ0v) is 26.9. The fraction of sp³-hybridized carbons (Fsp3) is 0. The van der Waals surface area contributed by atoms with E-state index in [1.807, 2.05) is 11.3 Å².